The Morgan fingerprint density at radius 2 is 1.96 bits per heavy atom. The summed E-state index contributed by atoms with van der Waals surface area (Å²) in [6, 6.07) is 18.4. The molecular weight excluding hydrogens is 342 g/mol. The Morgan fingerprint density at radius 3 is 2.78 bits per heavy atom. The van der Waals surface area contributed by atoms with Gasteiger partial charge in [-0.25, -0.2) is 4.98 Å². The van der Waals surface area contributed by atoms with E-state index in [0.717, 1.165) is 22.5 Å². The van der Waals surface area contributed by atoms with Crippen molar-refractivity contribution in [2.45, 2.75) is 6.54 Å². The summed E-state index contributed by atoms with van der Waals surface area (Å²) in [6.45, 7) is 0.426. The van der Waals surface area contributed by atoms with Crippen LogP contribution >= 0.6 is 0 Å². The van der Waals surface area contributed by atoms with Crippen LogP contribution in [0.4, 0.5) is 0 Å². The van der Waals surface area contributed by atoms with Crippen LogP contribution in [0.15, 0.2) is 66.9 Å². The van der Waals surface area contributed by atoms with Gasteiger partial charge in [0.05, 0.1) is 12.8 Å². The van der Waals surface area contributed by atoms with E-state index in [4.69, 9.17) is 4.74 Å². The second-order valence-corrected chi connectivity index (χ2v) is 5.93. The standard InChI is InChI=1S/C20H17N5O2/c1-27-17-5-2-4-14(12-17)13-22-20(26)15-7-9-16(10-8-15)25-19-18(23-24-25)6-3-11-21-19/h2-12H,13H2,1H3,(H,22,26). The lowest BCUT2D eigenvalue weighted by Gasteiger charge is -2.08. The van der Waals surface area contributed by atoms with Gasteiger partial charge < -0.3 is 10.1 Å². The number of amides is 1. The molecule has 1 amide bonds. The number of fused-ring (bicyclic) bond motifs is 1. The van der Waals surface area contributed by atoms with E-state index in [2.05, 4.69) is 20.6 Å². The highest BCUT2D eigenvalue weighted by atomic mass is 16.5. The van der Waals surface area contributed by atoms with Gasteiger partial charge in [-0.3, -0.25) is 4.79 Å². The fourth-order valence-corrected chi connectivity index (χ4v) is 2.76. The zero-order chi connectivity index (χ0) is 18.6. The van der Waals surface area contributed by atoms with Crippen molar-refractivity contribution < 1.29 is 9.53 Å². The number of carbonyl (C=O) groups is 1. The van der Waals surface area contributed by atoms with E-state index >= 15 is 0 Å². The first-order valence-electron chi connectivity index (χ1n) is 8.42. The molecule has 2 aromatic carbocycles. The van der Waals surface area contributed by atoms with E-state index in [-0.39, 0.29) is 5.91 Å². The summed E-state index contributed by atoms with van der Waals surface area (Å²) in [5.41, 5.74) is 3.73. The average Bonchev–Trinajstić information content (AvgIpc) is 3.16. The van der Waals surface area contributed by atoms with E-state index in [1.807, 2.05) is 48.5 Å². The number of benzene rings is 2. The third-order valence-electron chi connectivity index (χ3n) is 4.17. The molecule has 4 aromatic rings. The summed E-state index contributed by atoms with van der Waals surface area (Å²) in [5, 5.41) is 11.1. The highest BCUT2D eigenvalue weighted by Gasteiger charge is 2.09. The van der Waals surface area contributed by atoms with Crippen molar-refractivity contribution in [3.05, 3.63) is 78.0 Å². The molecule has 134 valence electrons. The number of rotatable bonds is 5. The van der Waals surface area contributed by atoms with Crippen LogP contribution in [0.1, 0.15) is 15.9 Å². The molecule has 7 nitrogen and oxygen atoms in total. The summed E-state index contributed by atoms with van der Waals surface area (Å²) in [6.07, 6.45) is 1.70. The maximum Gasteiger partial charge on any atom is 0.251 e. The van der Waals surface area contributed by atoms with Gasteiger partial charge in [-0.2, -0.15) is 4.68 Å². The van der Waals surface area contributed by atoms with E-state index in [0.29, 0.717) is 17.8 Å². The number of nitrogens with one attached hydrogen (secondary N) is 1. The van der Waals surface area contributed by atoms with Crippen molar-refractivity contribution in [1.82, 2.24) is 25.3 Å². The number of carbonyl (C=O) groups excluding carboxylic acids is 1. The van der Waals surface area contributed by atoms with Gasteiger partial charge >= 0.3 is 0 Å². The van der Waals surface area contributed by atoms with Crippen LogP contribution in [0.25, 0.3) is 16.9 Å². The molecule has 0 atom stereocenters. The van der Waals surface area contributed by atoms with Crippen molar-refractivity contribution in [2.24, 2.45) is 0 Å². The Morgan fingerprint density at radius 1 is 1.11 bits per heavy atom. The van der Waals surface area contributed by atoms with Gasteiger partial charge in [-0.15, -0.1) is 5.10 Å². The van der Waals surface area contributed by atoms with E-state index in [9.17, 15) is 4.79 Å². The minimum Gasteiger partial charge on any atom is -0.497 e. The first-order chi connectivity index (χ1) is 13.2. The molecule has 0 spiro atoms. The zero-order valence-electron chi connectivity index (χ0n) is 14.7. The quantitative estimate of drug-likeness (QED) is 0.592. The van der Waals surface area contributed by atoms with Crippen LogP contribution in [-0.2, 0) is 6.54 Å². The topological polar surface area (TPSA) is 81.9 Å². The lowest BCUT2D eigenvalue weighted by molar-refractivity contribution is 0.0951. The number of pyridine rings is 1. The molecule has 0 aliphatic heterocycles. The Bertz CT molecular complexity index is 1090. The number of ether oxygens (including phenoxy) is 1. The monoisotopic (exact) mass is 359 g/mol. The third kappa shape index (κ3) is 3.48. The van der Waals surface area contributed by atoms with E-state index < -0.39 is 0 Å². The fourth-order valence-electron chi connectivity index (χ4n) is 2.76. The molecule has 2 aromatic heterocycles. The summed E-state index contributed by atoms with van der Waals surface area (Å²) in [7, 11) is 1.62. The summed E-state index contributed by atoms with van der Waals surface area (Å²) in [5.74, 6) is 0.616. The van der Waals surface area contributed by atoms with Gasteiger partial charge in [0.1, 0.15) is 11.3 Å². The lowest BCUT2D eigenvalue weighted by Crippen LogP contribution is -2.22. The molecule has 7 heteroatoms. The first kappa shape index (κ1) is 16.7. The molecule has 0 saturated carbocycles. The molecule has 0 unspecified atom stereocenters. The highest BCUT2D eigenvalue weighted by molar-refractivity contribution is 5.94. The number of methoxy groups -OCH3 is 1. The molecule has 0 aliphatic carbocycles. The molecule has 0 radical (unpaired) electrons. The molecule has 4 rings (SSSR count). The minimum atomic E-state index is -0.147. The first-order valence-corrected chi connectivity index (χ1v) is 8.42. The average molecular weight is 359 g/mol. The van der Waals surface area contributed by atoms with Gasteiger partial charge in [0.25, 0.3) is 5.91 Å². The van der Waals surface area contributed by atoms with Gasteiger partial charge in [0, 0.05) is 18.3 Å². The molecule has 0 bridgehead atoms. The predicted octanol–water partition coefficient (Wildman–Crippen LogP) is 2.75. The number of aromatic nitrogens is 4. The van der Waals surface area contributed by atoms with Gasteiger partial charge in [0.15, 0.2) is 5.65 Å². The van der Waals surface area contributed by atoms with Crippen molar-refractivity contribution >= 4 is 17.1 Å². The number of hydrogen-bond donors (Lipinski definition) is 1. The molecule has 0 fully saturated rings. The van der Waals surface area contributed by atoms with E-state index in [1.54, 1.807) is 30.1 Å². The van der Waals surface area contributed by atoms with Crippen molar-refractivity contribution in [2.75, 3.05) is 7.11 Å². The summed E-state index contributed by atoms with van der Waals surface area (Å²) >= 11 is 0. The lowest BCUT2D eigenvalue weighted by atomic mass is 10.1. The third-order valence-corrected chi connectivity index (χ3v) is 4.17. The van der Waals surface area contributed by atoms with E-state index in [1.165, 1.54) is 0 Å². The molecule has 2 heterocycles. The normalized spacial score (nSPS) is 10.7. The second kappa shape index (κ2) is 7.25. The fraction of sp³-hybridized carbons (Fsp3) is 0.100. The van der Waals surface area contributed by atoms with Crippen LogP contribution in [-0.4, -0.2) is 33.0 Å². The minimum absolute atomic E-state index is 0.147. The van der Waals surface area contributed by atoms with Crippen LogP contribution in [0.3, 0.4) is 0 Å². The largest absolute Gasteiger partial charge is 0.497 e. The van der Waals surface area contributed by atoms with Gasteiger partial charge in [0.2, 0.25) is 0 Å². The summed E-state index contributed by atoms with van der Waals surface area (Å²) in [4.78, 5) is 16.7. The van der Waals surface area contributed by atoms with Gasteiger partial charge in [-0.1, -0.05) is 17.3 Å². The summed E-state index contributed by atoms with van der Waals surface area (Å²) < 4.78 is 6.84. The number of nitrogens with zero attached hydrogens (tertiary/aromatic N) is 4. The maximum atomic E-state index is 12.4. The molecular formula is C20H17N5O2. The molecule has 1 N–H and O–H groups in total. The zero-order valence-corrected chi connectivity index (χ0v) is 14.7. The number of hydrogen-bond acceptors (Lipinski definition) is 5. The Hall–Kier alpha value is -3.74. The molecule has 27 heavy (non-hydrogen) atoms. The van der Waals surface area contributed by atoms with Gasteiger partial charge in [-0.05, 0) is 54.1 Å². The second-order valence-electron chi connectivity index (χ2n) is 5.93. The SMILES string of the molecule is COc1cccc(CNC(=O)c2ccc(-n3nnc4cccnc43)cc2)c1. The maximum absolute atomic E-state index is 12.4. The van der Waals surface area contributed by atoms with Crippen LogP contribution in [0.2, 0.25) is 0 Å². The van der Waals surface area contributed by atoms with Crippen LogP contribution in [0, 0.1) is 0 Å². The smallest absolute Gasteiger partial charge is 0.251 e. The predicted molar refractivity (Wildman–Crippen MR) is 101 cm³/mol. The Balaban J connectivity index is 1.47. The Labute approximate surface area is 155 Å². The molecule has 0 saturated heterocycles. The van der Waals surface area contributed by atoms with Crippen molar-refractivity contribution in [3.63, 3.8) is 0 Å². The highest BCUT2D eigenvalue weighted by Crippen LogP contribution is 2.15. The molecule has 0 aliphatic rings. The Kier molecular flexibility index (Phi) is 4.49. The van der Waals surface area contributed by atoms with Crippen LogP contribution < -0.4 is 10.1 Å². The van der Waals surface area contributed by atoms with Crippen LogP contribution in [0.5, 0.6) is 5.75 Å². The van der Waals surface area contributed by atoms with Crippen molar-refractivity contribution in [1.29, 1.82) is 0 Å². The van der Waals surface area contributed by atoms with Crippen molar-refractivity contribution in [3.8, 4) is 11.4 Å².